The molecule has 4 nitrogen and oxygen atoms in total. The molecule has 0 aliphatic heterocycles. The predicted molar refractivity (Wildman–Crippen MR) is 70.2 cm³/mol. The van der Waals surface area contributed by atoms with Crippen molar-refractivity contribution in [2.45, 2.75) is 13.5 Å². The number of nitrogens with zero attached hydrogens (tertiary/aromatic N) is 2. The van der Waals surface area contributed by atoms with Crippen molar-refractivity contribution in [3.05, 3.63) is 28.7 Å². The van der Waals surface area contributed by atoms with E-state index in [2.05, 4.69) is 26.7 Å². The molecule has 0 saturated heterocycles. The number of thiophene rings is 1. The third-order valence-electron chi connectivity index (χ3n) is 2.22. The first-order valence-electron chi connectivity index (χ1n) is 5.47. The van der Waals surface area contributed by atoms with Crippen molar-refractivity contribution in [3.8, 4) is 11.3 Å². The Morgan fingerprint density at radius 3 is 2.94 bits per heavy atom. The molecule has 2 heterocycles. The summed E-state index contributed by atoms with van der Waals surface area (Å²) < 4.78 is 5.08. The number of hydrogen-bond donors (Lipinski definition) is 1. The second-order valence-electron chi connectivity index (χ2n) is 3.53. The zero-order valence-corrected chi connectivity index (χ0v) is 10.8. The van der Waals surface area contributed by atoms with Gasteiger partial charge in [-0.2, -0.15) is 11.3 Å². The van der Waals surface area contributed by atoms with Gasteiger partial charge < -0.3 is 10.1 Å². The fraction of sp³-hybridized carbons (Fsp3) is 0.333. The molecule has 0 aromatic carbocycles. The molecule has 5 heteroatoms. The first-order chi connectivity index (χ1) is 8.33. The van der Waals surface area contributed by atoms with Crippen LogP contribution >= 0.6 is 11.3 Å². The standard InChI is InChI=1S/C12H15N3OS/c1-3-13-11-6-10(9-4-5-17-8-9)14-12(15-11)7-16-2/h4-6,8H,3,7H2,1-2H3,(H,13,14,15). The molecule has 90 valence electrons. The molecular weight excluding hydrogens is 234 g/mol. The maximum absolute atomic E-state index is 5.08. The lowest BCUT2D eigenvalue weighted by Crippen LogP contribution is -2.05. The maximum Gasteiger partial charge on any atom is 0.157 e. The van der Waals surface area contributed by atoms with Crippen LogP contribution in [0.4, 0.5) is 5.82 Å². The van der Waals surface area contributed by atoms with Crippen LogP contribution in [0.2, 0.25) is 0 Å². The Kier molecular flexibility index (Phi) is 4.06. The quantitative estimate of drug-likeness (QED) is 0.885. The lowest BCUT2D eigenvalue weighted by Gasteiger charge is -2.07. The SMILES string of the molecule is CCNc1cc(-c2ccsc2)nc(COC)n1. The third-order valence-corrected chi connectivity index (χ3v) is 2.90. The van der Waals surface area contributed by atoms with Crippen molar-refractivity contribution in [1.82, 2.24) is 9.97 Å². The Morgan fingerprint density at radius 1 is 1.41 bits per heavy atom. The molecule has 0 unspecified atom stereocenters. The van der Waals surface area contributed by atoms with E-state index in [0.717, 1.165) is 23.6 Å². The Bertz CT molecular complexity index is 446. The van der Waals surface area contributed by atoms with Crippen LogP contribution in [-0.4, -0.2) is 23.6 Å². The van der Waals surface area contributed by atoms with Crippen molar-refractivity contribution in [2.75, 3.05) is 19.0 Å². The predicted octanol–water partition coefficient (Wildman–Crippen LogP) is 2.78. The molecule has 0 spiro atoms. The van der Waals surface area contributed by atoms with E-state index < -0.39 is 0 Å². The van der Waals surface area contributed by atoms with Crippen molar-refractivity contribution < 1.29 is 4.74 Å². The molecule has 17 heavy (non-hydrogen) atoms. The summed E-state index contributed by atoms with van der Waals surface area (Å²) in [6.07, 6.45) is 0. The number of nitrogens with one attached hydrogen (secondary N) is 1. The van der Waals surface area contributed by atoms with Crippen LogP contribution in [0.25, 0.3) is 11.3 Å². The van der Waals surface area contributed by atoms with Crippen LogP contribution in [0, 0.1) is 0 Å². The Morgan fingerprint density at radius 2 is 2.29 bits per heavy atom. The van der Waals surface area contributed by atoms with Crippen molar-refractivity contribution in [2.24, 2.45) is 0 Å². The van der Waals surface area contributed by atoms with Crippen LogP contribution in [0.3, 0.4) is 0 Å². The summed E-state index contributed by atoms with van der Waals surface area (Å²) in [5.74, 6) is 1.54. The van der Waals surface area contributed by atoms with Gasteiger partial charge in [0.2, 0.25) is 0 Å². The molecule has 0 aliphatic carbocycles. The summed E-state index contributed by atoms with van der Waals surface area (Å²) in [5.41, 5.74) is 2.05. The van der Waals surface area contributed by atoms with E-state index >= 15 is 0 Å². The average molecular weight is 249 g/mol. The number of ether oxygens (including phenoxy) is 1. The fourth-order valence-corrected chi connectivity index (χ4v) is 2.17. The smallest absolute Gasteiger partial charge is 0.157 e. The highest BCUT2D eigenvalue weighted by Gasteiger charge is 2.06. The minimum absolute atomic E-state index is 0.427. The summed E-state index contributed by atoms with van der Waals surface area (Å²) in [4.78, 5) is 8.86. The monoisotopic (exact) mass is 249 g/mol. The molecule has 0 atom stereocenters. The number of anilines is 1. The molecule has 0 bridgehead atoms. The van der Waals surface area contributed by atoms with Gasteiger partial charge in [-0.25, -0.2) is 9.97 Å². The number of rotatable bonds is 5. The summed E-state index contributed by atoms with van der Waals surface area (Å²) in [6.45, 7) is 3.31. The highest BCUT2D eigenvalue weighted by atomic mass is 32.1. The van der Waals surface area contributed by atoms with Gasteiger partial charge in [0, 0.05) is 30.7 Å². The van der Waals surface area contributed by atoms with Crippen LogP contribution in [0.5, 0.6) is 0 Å². The maximum atomic E-state index is 5.08. The summed E-state index contributed by atoms with van der Waals surface area (Å²) in [6, 6.07) is 4.02. The van der Waals surface area contributed by atoms with Gasteiger partial charge in [0.25, 0.3) is 0 Å². The van der Waals surface area contributed by atoms with E-state index in [9.17, 15) is 0 Å². The van der Waals surface area contributed by atoms with E-state index in [4.69, 9.17) is 4.74 Å². The molecule has 1 N–H and O–H groups in total. The molecule has 0 saturated carbocycles. The number of aromatic nitrogens is 2. The molecule has 0 radical (unpaired) electrons. The molecule has 0 aliphatic rings. The molecule has 2 aromatic heterocycles. The van der Waals surface area contributed by atoms with Gasteiger partial charge in [0.1, 0.15) is 12.4 Å². The zero-order valence-electron chi connectivity index (χ0n) is 9.93. The Labute approximate surface area is 105 Å². The second kappa shape index (κ2) is 5.75. The van der Waals surface area contributed by atoms with Gasteiger partial charge in [-0.1, -0.05) is 0 Å². The van der Waals surface area contributed by atoms with E-state index in [-0.39, 0.29) is 0 Å². The van der Waals surface area contributed by atoms with Crippen LogP contribution in [-0.2, 0) is 11.3 Å². The van der Waals surface area contributed by atoms with Crippen LogP contribution < -0.4 is 5.32 Å². The van der Waals surface area contributed by atoms with Crippen molar-refractivity contribution >= 4 is 17.2 Å². The lowest BCUT2D eigenvalue weighted by atomic mass is 10.2. The summed E-state index contributed by atoms with van der Waals surface area (Å²) >= 11 is 1.66. The van der Waals surface area contributed by atoms with Crippen molar-refractivity contribution in [1.29, 1.82) is 0 Å². The number of methoxy groups -OCH3 is 1. The normalized spacial score (nSPS) is 10.5. The summed E-state index contributed by atoms with van der Waals surface area (Å²) in [5, 5.41) is 7.33. The Balaban J connectivity index is 2.37. The first-order valence-corrected chi connectivity index (χ1v) is 6.41. The topological polar surface area (TPSA) is 47.0 Å². The molecule has 2 rings (SSSR count). The van der Waals surface area contributed by atoms with Gasteiger partial charge >= 0.3 is 0 Å². The van der Waals surface area contributed by atoms with E-state index in [1.807, 2.05) is 18.4 Å². The zero-order chi connectivity index (χ0) is 12.1. The second-order valence-corrected chi connectivity index (χ2v) is 4.31. The average Bonchev–Trinajstić information content (AvgIpc) is 2.83. The Hall–Kier alpha value is -1.46. The number of hydrogen-bond acceptors (Lipinski definition) is 5. The molecular formula is C12H15N3OS. The first kappa shape index (κ1) is 12.0. The molecule has 2 aromatic rings. The van der Waals surface area contributed by atoms with Crippen molar-refractivity contribution in [3.63, 3.8) is 0 Å². The molecule has 0 amide bonds. The van der Waals surface area contributed by atoms with Crippen LogP contribution in [0.1, 0.15) is 12.7 Å². The minimum Gasteiger partial charge on any atom is -0.377 e. The van der Waals surface area contributed by atoms with Gasteiger partial charge in [0.05, 0.1) is 5.69 Å². The third kappa shape index (κ3) is 3.01. The van der Waals surface area contributed by atoms with Crippen LogP contribution in [0.15, 0.2) is 22.9 Å². The van der Waals surface area contributed by atoms with Gasteiger partial charge in [-0.3, -0.25) is 0 Å². The molecule has 0 fully saturated rings. The summed E-state index contributed by atoms with van der Waals surface area (Å²) in [7, 11) is 1.65. The van der Waals surface area contributed by atoms with E-state index in [1.54, 1.807) is 18.4 Å². The van der Waals surface area contributed by atoms with Gasteiger partial charge in [-0.15, -0.1) is 0 Å². The van der Waals surface area contributed by atoms with Gasteiger partial charge in [0.15, 0.2) is 5.82 Å². The minimum atomic E-state index is 0.427. The lowest BCUT2D eigenvalue weighted by molar-refractivity contribution is 0.178. The van der Waals surface area contributed by atoms with Gasteiger partial charge in [-0.05, 0) is 18.4 Å². The van der Waals surface area contributed by atoms with E-state index in [1.165, 1.54) is 0 Å². The highest BCUT2D eigenvalue weighted by Crippen LogP contribution is 2.22. The fourth-order valence-electron chi connectivity index (χ4n) is 1.52. The highest BCUT2D eigenvalue weighted by molar-refractivity contribution is 7.08. The van der Waals surface area contributed by atoms with E-state index in [0.29, 0.717) is 12.4 Å². The largest absolute Gasteiger partial charge is 0.377 e.